The minimum atomic E-state index is 1.30. The van der Waals surface area contributed by atoms with E-state index in [0.717, 1.165) is 0 Å². The first-order valence-electron chi connectivity index (χ1n) is 7.54. The van der Waals surface area contributed by atoms with Crippen molar-refractivity contribution in [2.24, 2.45) is 0 Å². The summed E-state index contributed by atoms with van der Waals surface area (Å²) in [6, 6.07) is 24.3. The van der Waals surface area contributed by atoms with E-state index in [4.69, 9.17) is 0 Å². The molecule has 0 saturated heterocycles. The van der Waals surface area contributed by atoms with Gasteiger partial charge in [0.15, 0.2) is 0 Å². The number of fused-ring (bicyclic) bond motifs is 1. The Morgan fingerprint density at radius 1 is 0.727 bits per heavy atom. The molecule has 0 unspecified atom stereocenters. The summed E-state index contributed by atoms with van der Waals surface area (Å²) in [5.41, 5.74) is 7.96. The lowest BCUT2D eigenvalue weighted by Crippen LogP contribution is -1.76. The zero-order valence-electron chi connectivity index (χ0n) is 12.8. The van der Waals surface area contributed by atoms with E-state index in [1.54, 1.807) is 0 Å². The van der Waals surface area contributed by atoms with Gasteiger partial charge in [0.2, 0.25) is 0 Å². The van der Waals surface area contributed by atoms with Crippen molar-refractivity contribution in [3.05, 3.63) is 77.9 Å². The van der Waals surface area contributed by atoms with Crippen molar-refractivity contribution in [2.75, 3.05) is 0 Å². The van der Waals surface area contributed by atoms with Crippen LogP contribution in [0, 0.1) is 13.8 Å². The van der Waals surface area contributed by atoms with Crippen molar-refractivity contribution in [2.45, 2.75) is 13.8 Å². The molecule has 0 fully saturated rings. The molecule has 0 atom stereocenters. The summed E-state index contributed by atoms with van der Waals surface area (Å²) in [7, 11) is 0. The molecule has 1 aliphatic carbocycles. The minimum Gasteiger partial charge on any atom is -0.210 e. The van der Waals surface area contributed by atoms with E-state index in [1.165, 1.54) is 43.1 Å². The number of benzene rings is 2. The van der Waals surface area contributed by atoms with E-state index >= 15 is 0 Å². The number of hydrogen-bond acceptors (Lipinski definition) is 1. The van der Waals surface area contributed by atoms with Gasteiger partial charge in [-0.2, -0.15) is 0 Å². The van der Waals surface area contributed by atoms with Crippen LogP contribution in [-0.2, 0) is 0 Å². The Balaban J connectivity index is 1.89. The Morgan fingerprint density at radius 3 is 2.05 bits per heavy atom. The molecule has 0 aromatic heterocycles. The fourth-order valence-electron chi connectivity index (χ4n) is 2.87. The zero-order chi connectivity index (χ0) is 15.1. The molecule has 0 radical (unpaired) electrons. The summed E-state index contributed by atoms with van der Waals surface area (Å²) < 4.78 is 0. The predicted molar refractivity (Wildman–Crippen MR) is 96.9 cm³/mol. The predicted octanol–water partition coefficient (Wildman–Crippen LogP) is 6.52. The fraction of sp³-hybridized carbons (Fsp3) is 0.0952. The van der Waals surface area contributed by atoms with Crippen LogP contribution in [-0.4, -0.2) is 0 Å². The third-order valence-electron chi connectivity index (χ3n) is 4.14. The highest BCUT2D eigenvalue weighted by Gasteiger charge is 2.12. The van der Waals surface area contributed by atoms with Crippen LogP contribution >= 0.6 is 11.3 Å². The molecular formula is C21H17S-. The maximum Gasteiger partial charge on any atom is -0.0310 e. The van der Waals surface area contributed by atoms with Gasteiger partial charge in [0.1, 0.15) is 0 Å². The lowest BCUT2D eigenvalue weighted by Gasteiger charge is -2.06. The van der Waals surface area contributed by atoms with Gasteiger partial charge in [0.05, 0.1) is 0 Å². The number of thiophene rings is 1. The Bertz CT molecular complexity index is 801. The largest absolute Gasteiger partial charge is 0.210 e. The van der Waals surface area contributed by atoms with Crippen molar-refractivity contribution in [1.82, 2.24) is 0 Å². The molecule has 0 N–H and O–H groups in total. The van der Waals surface area contributed by atoms with Crippen molar-refractivity contribution < 1.29 is 0 Å². The standard InChI is InChI=1S/C21H17S/c1-14-6-10-16(11-7-14)20-18-4-3-5-19(18)21(22-20)17-12-8-15(2)9-13-17/h3-13H,1-2H3/q-1. The first-order chi connectivity index (χ1) is 10.7. The van der Waals surface area contributed by atoms with Gasteiger partial charge >= 0.3 is 0 Å². The molecule has 2 aromatic carbocycles. The molecule has 4 rings (SSSR count). The molecule has 1 heteroatoms. The van der Waals surface area contributed by atoms with Crippen molar-refractivity contribution in [1.29, 1.82) is 0 Å². The topological polar surface area (TPSA) is 0 Å². The second-order valence-electron chi connectivity index (χ2n) is 5.85. The van der Waals surface area contributed by atoms with Crippen LogP contribution in [0.1, 0.15) is 11.1 Å². The molecule has 0 amide bonds. The van der Waals surface area contributed by atoms with E-state index in [-0.39, 0.29) is 0 Å². The van der Waals surface area contributed by atoms with Crippen LogP contribution in [0.5, 0.6) is 0 Å². The third kappa shape index (κ3) is 2.18. The average molecular weight is 301 g/mol. The lowest BCUT2D eigenvalue weighted by atomic mass is 10.0. The van der Waals surface area contributed by atoms with Crippen LogP contribution in [0.3, 0.4) is 0 Å². The third-order valence-corrected chi connectivity index (χ3v) is 5.46. The highest BCUT2D eigenvalue weighted by molar-refractivity contribution is 7.20. The Morgan fingerprint density at radius 2 is 1.36 bits per heavy atom. The number of aryl methyl sites for hydroxylation is 2. The van der Waals surface area contributed by atoms with Gasteiger partial charge in [-0.05, 0) is 29.2 Å². The Kier molecular flexibility index (Phi) is 3.16. The molecular weight excluding hydrogens is 284 g/mol. The SMILES string of the molecule is Cc1ccc(-c2s[c-](-c3ccc(C)cc3)c3cccc2-3)cc1. The molecule has 0 spiro atoms. The fourth-order valence-corrected chi connectivity index (χ4v) is 4.15. The van der Waals surface area contributed by atoms with E-state index in [1.807, 2.05) is 11.3 Å². The minimum absolute atomic E-state index is 1.30. The monoisotopic (exact) mass is 301 g/mol. The molecule has 1 heterocycles. The zero-order valence-corrected chi connectivity index (χ0v) is 13.6. The summed E-state index contributed by atoms with van der Waals surface area (Å²) in [6.07, 6.45) is 0. The van der Waals surface area contributed by atoms with Gasteiger partial charge in [0, 0.05) is 0 Å². The van der Waals surface area contributed by atoms with Gasteiger partial charge in [0.25, 0.3) is 0 Å². The summed E-state index contributed by atoms with van der Waals surface area (Å²) in [5.74, 6) is 0. The van der Waals surface area contributed by atoms with Crippen molar-refractivity contribution in [3.63, 3.8) is 0 Å². The Hall–Kier alpha value is -2.25. The number of rotatable bonds is 2. The smallest absolute Gasteiger partial charge is 0.0310 e. The molecule has 0 saturated carbocycles. The summed E-state index contributed by atoms with van der Waals surface area (Å²) >= 11 is 1.90. The van der Waals surface area contributed by atoms with Crippen LogP contribution in [0.2, 0.25) is 0 Å². The van der Waals surface area contributed by atoms with Crippen LogP contribution in [0.4, 0.5) is 0 Å². The van der Waals surface area contributed by atoms with Crippen molar-refractivity contribution >= 4 is 11.3 Å². The average Bonchev–Trinajstić information content (AvgIpc) is 3.12. The first-order valence-corrected chi connectivity index (χ1v) is 8.36. The lowest BCUT2D eigenvalue weighted by molar-refractivity contribution is 1.48. The molecule has 2 aromatic rings. The molecule has 0 bridgehead atoms. The van der Waals surface area contributed by atoms with Crippen LogP contribution < -0.4 is 0 Å². The quantitative estimate of drug-likeness (QED) is 0.370. The normalized spacial score (nSPS) is 11.2. The van der Waals surface area contributed by atoms with E-state index in [9.17, 15) is 0 Å². The van der Waals surface area contributed by atoms with Gasteiger partial charge in [-0.25, -0.2) is 11.3 Å². The molecule has 0 nitrogen and oxygen atoms in total. The van der Waals surface area contributed by atoms with Crippen LogP contribution in [0.25, 0.3) is 32.0 Å². The maximum absolute atomic E-state index is 2.23. The van der Waals surface area contributed by atoms with Crippen LogP contribution in [0.15, 0.2) is 66.7 Å². The second-order valence-corrected chi connectivity index (χ2v) is 6.87. The highest BCUT2D eigenvalue weighted by atomic mass is 32.1. The molecule has 22 heavy (non-hydrogen) atoms. The van der Waals surface area contributed by atoms with E-state index in [0.29, 0.717) is 0 Å². The van der Waals surface area contributed by atoms with Gasteiger partial charge < -0.3 is 0 Å². The van der Waals surface area contributed by atoms with Gasteiger partial charge in [-0.3, -0.25) is 0 Å². The Labute approximate surface area is 135 Å². The van der Waals surface area contributed by atoms with E-state index < -0.39 is 0 Å². The summed E-state index contributed by atoms with van der Waals surface area (Å²) in [6.45, 7) is 4.27. The van der Waals surface area contributed by atoms with Crippen molar-refractivity contribution in [3.8, 4) is 32.0 Å². The molecule has 2 aliphatic rings. The summed E-state index contributed by atoms with van der Waals surface area (Å²) in [4.78, 5) is 2.74. The van der Waals surface area contributed by atoms with E-state index in [2.05, 4.69) is 80.6 Å². The van der Waals surface area contributed by atoms with Gasteiger partial charge in [-0.15, -0.1) is 18.2 Å². The highest BCUT2D eigenvalue weighted by Crippen LogP contribution is 2.48. The molecule has 1 aliphatic heterocycles. The summed E-state index contributed by atoms with van der Waals surface area (Å²) in [5, 5.41) is 0. The maximum atomic E-state index is 2.23. The number of hydrogen-bond donors (Lipinski definition) is 0. The van der Waals surface area contributed by atoms with Gasteiger partial charge in [-0.1, -0.05) is 76.3 Å². The first kappa shape index (κ1) is 13.4. The second kappa shape index (κ2) is 5.19. The molecule has 108 valence electrons.